The van der Waals surface area contributed by atoms with Crippen molar-refractivity contribution in [3.63, 3.8) is 0 Å². The number of aromatic nitrogens is 2. The van der Waals surface area contributed by atoms with Crippen LogP contribution >= 0.6 is 23.4 Å². The lowest BCUT2D eigenvalue weighted by Gasteiger charge is -2.04. The Labute approximate surface area is 115 Å². The second-order valence-electron chi connectivity index (χ2n) is 3.56. The summed E-state index contributed by atoms with van der Waals surface area (Å²) in [6.07, 6.45) is 3.70. The molecule has 0 N–H and O–H groups in total. The molecule has 0 aliphatic heterocycles. The van der Waals surface area contributed by atoms with Crippen molar-refractivity contribution in [3.05, 3.63) is 53.1 Å². The van der Waals surface area contributed by atoms with E-state index in [1.165, 1.54) is 11.8 Å². The molecular formula is C13H12ClN3S. The molecular weight excluding hydrogens is 266 g/mol. The molecule has 3 nitrogen and oxygen atoms in total. The van der Waals surface area contributed by atoms with Crippen LogP contribution in [-0.2, 0) is 0 Å². The van der Waals surface area contributed by atoms with E-state index in [1.54, 1.807) is 6.20 Å². The monoisotopic (exact) mass is 277 g/mol. The molecule has 1 heterocycles. The predicted molar refractivity (Wildman–Crippen MR) is 77.9 cm³/mol. The highest BCUT2D eigenvalue weighted by atomic mass is 35.5. The van der Waals surface area contributed by atoms with Gasteiger partial charge in [0.15, 0.2) is 0 Å². The number of hydrogen-bond donors (Lipinski definition) is 0. The van der Waals surface area contributed by atoms with Gasteiger partial charge in [-0.25, -0.2) is 15.0 Å². The Bertz CT molecular complexity index is 584. The summed E-state index contributed by atoms with van der Waals surface area (Å²) in [6.45, 7) is 1.86. The lowest BCUT2D eigenvalue weighted by molar-refractivity contribution is 1.04. The molecule has 2 aromatic rings. The Hall–Kier alpha value is -1.39. The molecule has 0 spiro atoms. The van der Waals surface area contributed by atoms with Gasteiger partial charge in [-0.2, -0.15) is 0 Å². The van der Waals surface area contributed by atoms with Crippen LogP contribution in [0.15, 0.2) is 41.5 Å². The molecule has 0 unspecified atom stereocenters. The normalized spacial score (nSPS) is 11.6. The van der Waals surface area contributed by atoms with E-state index in [2.05, 4.69) is 15.0 Å². The summed E-state index contributed by atoms with van der Waals surface area (Å²) in [5, 5.41) is 1.46. The topological polar surface area (TPSA) is 38.1 Å². The largest absolute Gasteiger partial charge is 0.242 e. The molecule has 92 valence electrons. The summed E-state index contributed by atoms with van der Waals surface area (Å²) in [5.41, 5.74) is 1.56. The van der Waals surface area contributed by atoms with Gasteiger partial charge in [0.25, 0.3) is 0 Å². The SMILES string of the molecule is CSC(=Nc1ccccc1Cl)c1ccnc(C)n1. The number of para-hydroxylation sites is 1. The van der Waals surface area contributed by atoms with E-state index in [0.29, 0.717) is 5.02 Å². The van der Waals surface area contributed by atoms with Gasteiger partial charge < -0.3 is 0 Å². The van der Waals surface area contributed by atoms with Crippen LogP contribution in [0.25, 0.3) is 0 Å². The summed E-state index contributed by atoms with van der Waals surface area (Å²) in [7, 11) is 0. The molecule has 18 heavy (non-hydrogen) atoms. The van der Waals surface area contributed by atoms with Crippen molar-refractivity contribution >= 4 is 34.1 Å². The van der Waals surface area contributed by atoms with Crippen LogP contribution in [0.3, 0.4) is 0 Å². The smallest absolute Gasteiger partial charge is 0.125 e. The Kier molecular flexibility index (Phi) is 4.33. The molecule has 5 heteroatoms. The lowest BCUT2D eigenvalue weighted by atomic mass is 10.3. The Balaban J connectivity index is 2.43. The summed E-state index contributed by atoms with van der Waals surface area (Å²) >= 11 is 7.63. The Morgan fingerprint density at radius 2 is 2.06 bits per heavy atom. The van der Waals surface area contributed by atoms with Crippen molar-refractivity contribution in [1.29, 1.82) is 0 Å². The molecule has 0 saturated heterocycles. The Morgan fingerprint density at radius 3 is 2.72 bits per heavy atom. The zero-order valence-corrected chi connectivity index (χ0v) is 11.7. The average Bonchev–Trinajstić information content (AvgIpc) is 2.38. The van der Waals surface area contributed by atoms with Crippen LogP contribution in [0.5, 0.6) is 0 Å². The number of aliphatic imine (C=N–C) groups is 1. The summed E-state index contributed by atoms with van der Waals surface area (Å²) in [5.74, 6) is 0.730. The van der Waals surface area contributed by atoms with Gasteiger partial charge in [0.05, 0.1) is 16.4 Å². The zero-order valence-electron chi connectivity index (χ0n) is 10.1. The van der Waals surface area contributed by atoms with Crippen LogP contribution < -0.4 is 0 Å². The lowest BCUT2D eigenvalue weighted by Crippen LogP contribution is -2.00. The first-order valence-corrected chi connectivity index (χ1v) is 6.98. The van der Waals surface area contributed by atoms with Gasteiger partial charge in [-0.1, -0.05) is 23.7 Å². The van der Waals surface area contributed by atoms with E-state index in [4.69, 9.17) is 11.6 Å². The van der Waals surface area contributed by atoms with Crippen molar-refractivity contribution in [3.8, 4) is 0 Å². The van der Waals surface area contributed by atoms with Crippen LogP contribution in [0.4, 0.5) is 5.69 Å². The maximum Gasteiger partial charge on any atom is 0.125 e. The van der Waals surface area contributed by atoms with Gasteiger partial charge in [0.1, 0.15) is 10.9 Å². The molecule has 0 bridgehead atoms. The Morgan fingerprint density at radius 1 is 1.28 bits per heavy atom. The maximum absolute atomic E-state index is 6.09. The van der Waals surface area contributed by atoms with Gasteiger partial charge in [0, 0.05) is 6.20 Å². The molecule has 1 aromatic carbocycles. The van der Waals surface area contributed by atoms with Gasteiger partial charge in [-0.05, 0) is 31.4 Å². The van der Waals surface area contributed by atoms with Crippen molar-refractivity contribution in [2.45, 2.75) is 6.92 Å². The first-order valence-electron chi connectivity index (χ1n) is 5.38. The van der Waals surface area contributed by atoms with Crippen molar-refractivity contribution in [2.75, 3.05) is 6.26 Å². The third kappa shape index (κ3) is 3.09. The van der Waals surface area contributed by atoms with E-state index < -0.39 is 0 Å². The van der Waals surface area contributed by atoms with Crippen LogP contribution in [0.2, 0.25) is 5.02 Å². The van der Waals surface area contributed by atoms with E-state index in [-0.39, 0.29) is 0 Å². The highest BCUT2D eigenvalue weighted by Gasteiger charge is 2.06. The number of rotatable bonds is 2. The maximum atomic E-state index is 6.09. The average molecular weight is 278 g/mol. The molecule has 0 atom stereocenters. The fourth-order valence-electron chi connectivity index (χ4n) is 1.43. The molecule has 0 saturated carbocycles. The van der Waals surface area contributed by atoms with Crippen molar-refractivity contribution in [1.82, 2.24) is 9.97 Å². The highest BCUT2D eigenvalue weighted by molar-refractivity contribution is 8.13. The number of thioether (sulfide) groups is 1. The fraction of sp³-hybridized carbons (Fsp3) is 0.154. The van der Waals surface area contributed by atoms with Crippen LogP contribution in [-0.4, -0.2) is 21.3 Å². The number of aryl methyl sites for hydroxylation is 1. The number of hydrogen-bond acceptors (Lipinski definition) is 4. The molecule has 0 fully saturated rings. The third-order valence-electron chi connectivity index (χ3n) is 2.26. The summed E-state index contributed by atoms with van der Waals surface area (Å²) in [4.78, 5) is 13.0. The fourth-order valence-corrected chi connectivity index (χ4v) is 2.13. The molecule has 2 rings (SSSR count). The number of nitrogens with zero attached hydrogens (tertiary/aromatic N) is 3. The second-order valence-corrected chi connectivity index (χ2v) is 4.76. The minimum Gasteiger partial charge on any atom is -0.242 e. The zero-order chi connectivity index (χ0) is 13.0. The van der Waals surface area contributed by atoms with E-state index in [0.717, 1.165) is 22.2 Å². The minimum atomic E-state index is 0.634. The van der Waals surface area contributed by atoms with Crippen LogP contribution in [0, 0.1) is 6.92 Å². The number of halogens is 1. The summed E-state index contributed by atoms with van der Waals surface area (Å²) in [6, 6.07) is 9.35. The summed E-state index contributed by atoms with van der Waals surface area (Å²) < 4.78 is 0. The highest BCUT2D eigenvalue weighted by Crippen LogP contribution is 2.26. The van der Waals surface area contributed by atoms with E-state index in [9.17, 15) is 0 Å². The first-order chi connectivity index (χ1) is 8.70. The van der Waals surface area contributed by atoms with E-state index in [1.807, 2.05) is 43.5 Å². The number of benzene rings is 1. The van der Waals surface area contributed by atoms with Crippen molar-refractivity contribution < 1.29 is 0 Å². The minimum absolute atomic E-state index is 0.634. The van der Waals surface area contributed by atoms with Gasteiger partial charge in [-0.3, -0.25) is 0 Å². The quantitative estimate of drug-likeness (QED) is 0.618. The molecule has 1 aromatic heterocycles. The predicted octanol–water partition coefficient (Wildman–Crippen LogP) is 3.88. The van der Waals surface area contributed by atoms with Crippen LogP contribution in [0.1, 0.15) is 11.5 Å². The van der Waals surface area contributed by atoms with Gasteiger partial charge in [0.2, 0.25) is 0 Å². The van der Waals surface area contributed by atoms with E-state index >= 15 is 0 Å². The standard InChI is InChI=1S/C13H12ClN3S/c1-9-15-8-7-12(16-9)13(18-2)17-11-6-4-3-5-10(11)14/h3-8H,1-2H3. The first kappa shape index (κ1) is 13.1. The van der Waals surface area contributed by atoms with Gasteiger partial charge in [-0.15, -0.1) is 11.8 Å². The van der Waals surface area contributed by atoms with Gasteiger partial charge >= 0.3 is 0 Å². The molecule has 0 amide bonds. The molecule has 0 aliphatic carbocycles. The molecule has 0 radical (unpaired) electrons. The van der Waals surface area contributed by atoms with Crippen molar-refractivity contribution in [2.24, 2.45) is 4.99 Å². The third-order valence-corrected chi connectivity index (χ3v) is 3.27. The second kappa shape index (κ2) is 5.98. The molecule has 0 aliphatic rings.